The van der Waals surface area contributed by atoms with Crippen molar-refractivity contribution in [3.05, 3.63) is 97.2 Å². The zero-order valence-electron chi connectivity index (χ0n) is 35.9. The monoisotopic (exact) mass is 819 g/mol. The molecule has 0 radical (unpaired) electrons. The number of unbranched alkanes of at least 4 members (excludes halogenated alkanes) is 3. The van der Waals surface area contributed by atoms with Crippen LogP contribution in [0.25, 0.3) is 0 Å². The zero-order valence-corrected chi connectivity index (χ0v) is 36.8. The minimum absolute atomic E-state index is 0.00343. The number of rotatable bonds is 36. The molecule has 0 aliphatic carbocycles. The summed E-state index contributed by atoms with van der Waals surface area (Å²) in [5.74, 6) is -0.944. The molecule has 0 aromatic rings. The number of aliphatic hydroxyl groups excluding tert-OH is 1. The second kappa shape index (κ2) is 37.2. The number of aliphatic hydroxyl groups is 1. The summed E-state index contributed by atoms with van der Waals surface area (Å²) in [7, 11) is 1.38. The van der Waals surface area contributed by atoms with Crippen LogP contribution in [0.15, 0.2) is 97.2 Å². The summed E-state index contributed by atoms with van der Waals surface area (Å²) in [5.41, 5.74) is 0. The first kappa shape index (κ1) is 53.9. The Hall–Kier alpha value is -3.11. The van der Waals surface area contributed by atoms with E-state index in [1.165, 1.54) is 0 Å². The fraction of sp³-hybridized carbons (Fsp3) is 0.609. The van der Waals surface area contributed by atoms with Crippen LogP contribution in [0.1, 0.15) is 123 Å². The average Bonchev–Trinajstić information content (AvgIpc) is 3.16. The lowest BCUT2D eigenvalue weighted by Gasteiger charge is -2.24. The molecule has 324 valence electrons. The van der Waals surface area contributed by atoms with E-state index in [0.717, 1.165) is 77.0 Å². The molecular formula is C46H77NO9P+. The molecule has 2 N–H and O–H groups in total. The van der Waals surface area contributed by atoms with Crippen LogP contribution < -0.4 is 0 Å². The minimum Gasteiger partial charge on any atom is -0.462 e. The Kier molecular flexibility index (Phi) is 35.2. The van der Waals surface area contributed by atoms with E-state index in [4.69, 9.17) is 18.5 Å². The first-order chi connectivity index (χ1) is 27.4. The Balaban J connectivity index is 4.58. The molecule has 0 saturated heterocycles. The third-order valence-electron chi connectivity index (χ3n) is 8.26. The number of likely N-dealkylation sites (N-methyl/N-ethyl adjacent to an activating group) is 1. The average molecular weight is 819 g/mol. The van der Waals surface area contributed by atoms with Crippen molar-refractivity contribution >= 4 is 19.8 Å². The van der Waals surface area contributed by atoms with Gasteiger partial charge in [-0.15, -0.1) is 0 Å². The predicted molar refractivity (Wildman–Crippen MR) is 234 cm³/mol. The molecule has 1 unspecified atom stereocenters. The zero-order chi connectivity index (χ0) is 42.3. The molecule has 0 heterocycles. The molecule has 0 fully saturated rings. The molecule has 0 amide bonds. The molecule has 10 nitrogen and oxygen atoms in total. The molecule has 57 heavy (non-hydrogen) atoms. The number of phosphoric acid groups is 1. The number of allylic oxidation sites excluding steroid dienone is 16. The lowest BCUT2D eigenvalue weighted by atomic mass is 10.1. The van der Waals surface area contributed by atoms with E-state index in [1.807, 2.05) is 34.1 Å². The van der Waals surface area contributed by atoms with Gasteiger partial charge in [-0.2, -0.15) is 0 Å². The second-order valence-corrected chi connectivity index (χ2v) is 16.2. The second-order valence-electron chi connectivity index (χ2n) is 14.8. The van der Waals surface area contributed by atoms with Crippen LogP contribution in [-0.4, -0.2) is 86.1 Å². The van der Waals surface area contributed by atoms with Gasteiger partial charge in [-0.05, 0) is 96.3 Å². The molecule has 11 heteroatoms. The first-order valence-electron chi connectivity index (χ1n) is 21.0. The molecule has 0 spiro atoms. The van der Waals surface area contributed by atoms with Gasteiger partial charge < -0.3 is 24.0 Å². The number of quaternary nitrogens is 1. The number of carbonyl (C=O) groups is 2. The van der Waals surface area contributed by atoms with Crippen LogP contribution >= 0.6 is 7.82 Å². The van der Waals surface area contributed by atoms with Crippen molar-refractivity contribution in [3.8, 4) is 0 Å². The van der Waals surface area contributed by atoms with Gasteiger partial charge in [-0.3, -0.25) is 18.6 Å². The van der Waals surface area contributed by atoms with Gasteiger partial charge in [0.05, 0.1) is 33.9 Å². The Morgan fingerprint density at radius 1 is 0.614 bits per heavy atom. The van der Waals surface area contributed by atoms with E-state index in [1.54, 1.807) is 0 Å². The van der Waals surface area contributed by atoms with Gasteiger partial charge in [-0.25, -0.2) is 4.57 Å². The van der Waals surface area contributed by atoms with Crippen LogP contribution in [-0.2, 0) is 32.7 Å². The standard InChI is InChI=1S/C46H76NO9P/c1-6-8-9-10-11-12-13-14-15-20-23-26-29-32-35-38-46(50)56-44(42-55-57(51,52)54-40-39-47(3,4)5)41-53-45(49)37-34-31-28-25-22-19-17-16-18-21-24-27-30-33-36-43(48)7-2/h8-9,11-12,14-15,17-19,21,23,25-28,30,43-44,48H,6-7,10,13,16,20,22,24,29,31-42H2,1-5H3/p+1/b9-8-,12-11-,15-14-,19-17-,21-18-,26-23-,28-25-,30-27-/t43-,44+/m0/s1. The summed E-state index contributed by atoms with van der Waals surface area (Å²) in [6, 6.07) is 0. The summed E-state index contributed by atoms with van der Waals surface area (Å²) < 4.78 is 34.1. The van der Waals surface area contributed by atoms with Crippen molar-refractivity contribution in [1.29, 1.82) is 0 Å². The quantitative estimate of drug-likeness (QED) is 0.0209. The van der Waals surface area contributed by atoms with E-state index >= 15 is 0 Å². The lowest BCUT2D eigenvalue weighted by Crippen LogP contribution is -2.37. The molecule has 0 bridgehead atoms. The van der Waals surface area contributed by atoms with E-state index in [-0.39, 0.29) is 32.2 Å². The van der Waals surface area contributed by atoms with Crippen molar-refractivity contribution < 1.29 is 47.2 Å². The lowest BCUT2D eigenvalue weighted by molar-refractivity contribution is -0.870. The van der Waals surface area contributed by atoms with Crippen LogP contribution in [0.2, 0.25) is 0 Å². The van der Waals surface area contributed by atoms with E-state index < -0.39 is 32.5 Å². The molecule has 0 aromatic heterocycles. The highest BCUT2D eigenvalue weighted by Crippen LogP contribution is 2.43. The summed E-state index contributed by atoms with van der Waals surface area (Å²) in [5, 5.41) is 9.56. The van der Waals surface area contributed by atoms with Crippen LogP contribution in [0.4, 0.5) is 0 Å². The van der Waals surface area contributed by atoms with Crippen molar-refractivity contribution in [2.45, 2.75) is 135 Å². The highest BCUT2D eigenvalue weighted by molar-refractivity contribution is 7.47. The van der Waals surface area contributed by atoms with Gasteiger partial charge >= 0.3 is 19.8 Å². The number of hydrogen-bond acceptors (Lipinski definition) is 8. The molecule has 0 saturated carbocycles. The summed E-state index contributed by atoms with van der Waals surface area (Å²) in [6.07, 6.45) is 45.6. The Morgan fingerprint density at radius 3 is 1.60 bits per heavy atom. The topological polar surface area (TPSA) is 129 Å². The third-order valence-corrected chi connectivity index (χ3v) is 9.25. The maximum absolute atomic E-state index is 12.6. The van der Waals surface area contributed by atoms with Crippen molar-refractivity contribution in [1.82, 2.24) is 0 Å². The van der Waals surface area contributed by atoms with Gasteiger partial charge in [0.2, 0.25) is 0 Å². The summed E-state index contributed by atoms with van der Waals surface area (Å²) in [4.78, 5) is 35.3. The number of carbonyl (C=O) groups excluding carboxylic acids is 2. The minimum atomic E-state index is -4.41. The predicted octanol–water partition coefficient (Wildman–Crippen LogP) is 10.8. The molecule has 0 aliphatic rings. The number of ether oxygens (including phenoxy) is 2. The fourth-order valence-corrected chi connectivity index (χ4v) is 5.54. The van der Waals surface area contributed by atoms with Gasteiger partial charge in [-0.1, -0.05) is 111 Å². The fourth-order valence-electron chi connectivity index (χ4n) is 4.80. The van der Waals surface area contributed by atoms with Gasteiger partial charge in [0.1, 0.15) is 19.8 Å². The Morgan fingerprint density at radius 2 is 1.09 bits per heavy atom. The smallest absolute Gasteiger partial charge is 0.462 e. The van der Waals surface area contributed by atoms with E-state index in [2.05, 4.69) is 98.1 Å². The van der Waals surface area contributed by atoms with Gasteiger partial charge in [0, 0.05) is 12.8 Å². The number of esters is 2. The summed E-state index contributed by atoms with van der Waals surface area (Å²) >= 11 is 0. The van der Waals surface area contributed by atoms with E-state index in [0.29, 0.717) is 30.3 Å². The van der Waals surface area contributed by atoms with Gasteiger partial charge in [0.25, 0.3) is 0 Å². The molecule has 0 rings (SSSR count). The highest BCUT2D eigenvalue weighted by Gasteiger charge is 2.27. The highest BCUT2D eigenvalue weighted by atomic mass is 31.2. The maximum Gasteiger partial charge on any atom is 0.472 e. The summed E-state index contributed by atoms with van der Waals surface area (Å²) in [6.45, 7) is 3.86. The van der Waals surface area contributed by atoms with Crippen molar-refractivity contribution in [2.24, 2.45) is 0 Å². The first-order valence-corrected chi connectivity index (χ1v) is 22.5. The Bertz CT molecular complexity index is 1310. The third kappa shape index (κ3) is 40.9. The van der Waals surface area contributed by atoms with Crippen LogP contribution in [0.5, 0.6) is 0 Å². The SMILES string of the molecule is CC/C=C\C/C=C\C/C=C\C/C=C\CCCCC(=O)O[C@H](COC(=O)CCC/C=C\C/C=C\C/C=C\C/C=C\CC[C@@H](O)CC)COP(=O)(O)OCC[N+](C)(C)C. The normalized spacial score (nSPS) is 15.1. The van der Waals surface area contributed by atoms with Gasteiger partial charge in [0.15, 0.2) is 6.10 Å². The maximum atomic E-state index is 12.6. The number of phosphoric ester groups is 1. The van der Waals surface area contributed by atoms with Crippen LogP contribution in [0, 0.1) is 0 Å². The number of hydrogen-bond donors (Lipinski definition) is 2. The molecule has 0 aromatic carbocycles. The van der Waals surface area contributed by atoms with Crippen molar-refractivity contribution in [3.63, 3.8) is 0 Å². The molecule has 3 atom stereocenters. The van der Waals surface area contributed by atoms with Crippen LogP contribution in [0.3, 0.4) is 0 Å². The van der Waals surface area contributed by atoms with Crippen molar-refractivity contribution in [2.75, 3.05) is 47.5 Å². The largest absolute Gasteiger partial charge is 0.472 e. The molecular weight excluding hydrogens is 741 g/mol. The Labute approximate surface area is 346 Å². The van der Waals surface area contributed by atoms with E-state index in [9.17, 15) is 24.2 Å². The molecule has 0 aliphatic heterocycles. The number of nitrogens with zero attached hydrogens (tertiary/aromatic N) is 1.